The normalized spacial score (nSPS) is 21.3. The first kappa shape index (κ1) is 6.75. The van der Waals surface area contributed by atoms with Gasteiger partial charge in [-0.3, -0.25) is 4.68 Å². The first-order valence-corrected chi connectivity index (χ1v) is 3.50. The van der Waals surface area contributed by atoms with Crippen molar-refractivity contribution in [1.29, 1.82) is 0 Å². The van der Waals surface area contributed by atoms with Crippen LogP contribution in [0.4, 0.5) is 0 Å². The molecule has 2 heterocycles. The van der Waals surface area contributed by atoms with Crippen LogP contribution in [-0.4, -0.2) is 33.0 Å². The predicted octanol–water partition coefficient (Wildman–Crippen LogP) is -1.39. The van der Waals surface area contributed by atoms with Crippen LogP contribution >= 0.6 is 0 Å². The lowest BCUT2D eigenvalue weighted by Gasteiger charge is -2.36. The molecule has 2 N–H and O–H groups in total. The molecule has 1 aliphatic rings. The van der Waals surface area contributed by atoms with Crippen LogP contribution in [0.15, 0.2) is 6.33 Å². The van der Waals surface area contributed by atoms with Crippen molar-refractivity contribution in [3.05, 3.63) is 12.2 Å². The molecule has 0 aromatic carbocycles. The third-order valence-electron chi connectivity index (χ3n) is 1.96. The zero-order valence-electron chi connectivity index (χ0n) is 6.28. The van der Waals surface area contributed by atoms with Crippen LogP contribution in [0.3, 0.4) is 0 Å². The quantitative estimate of drug-likeness (QED) is 0.522. The fourth-order valence-electron chi connectivity index (χ4n) is 1.24. The van der Waals surface area contributed by atoms with E-state index in [-0.39, 0.29) is 0 Å². The van der Waals surface area contributed by atoms with Gasteiger partial charge in [-0.25, -0.2) is 4.98 Å². The average Bonchev–Trinajstić information content (AvgIpc) is 2.30. The summed E-state index contributed by atoms with van der Waals surface area (Å²) in [6, 6.07) is 0. The van der Waals surface area contributed by atoms with Gasteiger partial charge in [-0.15, -0.1) is 0 Å². The minimum absolute atomic E-state index is 0.569. The van der Waals surface area contributed by atoms with Crippen molar-refractivity contribution in [1.82, 2.24) is 20.1 Å². The number of hydrogen-bond donors (Lipinski definition) is 2. The summed E-state index contributed by atoms with van der Waals surface area (Å²) in [6.07, 6.45) is 1.45. The Hall–Kier alpha value is -0.940. The molecule has 1 fully saturated rings. The van der Waals surface area contributed by atoms with Gasteiger partial charge in [0.15, 0.2) is 5.82 Å². The highest BCUT2D eigenvalue weighted by Crippen LogP contribution is 2.21. The molecule has 5 heteroatoms. The number of β-amino-alcohol motifs (C(OH)–C–C–N with tert-alkyl or cyclic N) is 1. The van der Waals surface area contributed by atoms with Gasteiger partial charge < -0.3 is 10.4 Å². The van der Waals surface area contributed by atoms with Crippen LogP contribution in [-0.2, 0) is 12.6 Å². The molecule has 1 aromatic heterocycles. The Morgan fingerprint density at radius 1 is 1.73 bits per heavy atom. The summed E-state index contributed by atoms with van der Waals surface area (Å²) in [5.74, 6) is 0.635. The van der Waals surface area contributed by atoms with Crippen LogP contribution in [0.25, 0.3) is 0 Å². The second kappa shape index (κ2) is 2.02. The van der Waals surface area contributed by atoms with Crippen molar-refractivity contribution in [3.63, 3.8) is 0 Å². The van der Waals surface area contributed by atoms with Crippen molar-refractivity contribution in [2.75, 3.05) is 13.1 Å². The van der Waals surface area contributed by atoms with Gasteiger partial charge in [0.25, 0.3) is 0 Å². The van der Waals surface area contributed by atoms with E-state index in [1.165, 1.54) is 6.33 Å². The lowest BCUT2D eigenvalue weighted by molar-refractivity contribution is -0.0257. The number of aliphatic hydroxyl groups is 1. The SMILES string of the molecule is Cn1ncnc1C1(O)CNC1. The molecule has 0 bridgehead atoms. The zero-order chi connectivity index (χ0) is 7.90. The fraction of sp³-hybridized carbons (Fsp3) is 0.667. The van der Waals surface area contributed by atoms with Crippen molar-refractivity contribution in [2.24, 2.45) is 7.05 Å². The summed E-state index contributed by atoms with van der Waals surface area (Å²) in [5, 5.41) is 16.6. The molecule has 60 valence electrons. The van der Waals surface area contributed by atoms with Gasteiger partial charge in [0.1, 0.15) is 11.9 Å². The van der Waals surface area contributed by atoms with E-state index in [9.17, 15) is 5.11 Å². The van der Waals surface area contributed by atoms with E-state index in [1.807, 2.05) is 0 Å². The maximum Gasteiger partial charge on any atom is 0.161 e. The number of aromatic nitrogens is 3. The van der Waals surface area contributed by atoms with Crippen molar-refractivity contribution in [3.8, 4) is 0 Å². The Labute approximate surface area is 64.1 Å². The topological polar surface area (TPSA) is 63.0 Å². The molecule has 0 unspecified atom stereocenters. The smallest absolute Gasteiger partial charge is 0.161 e. The molecule has 1 aliphatic heterocycles. The molecule has 0 spiro atoms. The molecule has 0 amide bonds. The monoisotopic (exact) mass is 154 g/mol. The van der Waals surface area contributed by atoms with Gasteiger partial charge in [-0.2, -0.15) is 5.10 Å². The molecule has 11 heavy (non-hydrogen) atoms. The number of hydrogen-bond acceptors (Lipinski definition) is 4. The summed E-state index contributed by atoms with van der Waals surface area (Å²) in [6.45, 7) is 1.14. The Morgan fingerprint density at radius 2 is 2.45 bits per heavy atom. The standard InChI is InChI=1S/C6H10N4O/c1-10-5(8-4-9-10)6(11)2-7-3-6/h4,7,11H,2-3H2,1H3. The third-order valence-corrected chi connectivity index (χ3v) is 1.96. The van der Waals surface area contributed by atoms with E-state index in [1.54, 1.807) is 11.7 Å². The van der Waals surface area contributed by atoms with E-state index in [0.717, 1.165) is 0 Å². The predicted molar refractivity (Wildman–Crippen MR) is 37.8 cm³/mol. The average molecular weight is 154 g/mol. The molecule has 0 atom stereocenters. The highest BCUT2D eigenvalue weighted by Gasteiger charge is 2.39. The number of nitrogens with one attached hydrogen (secondary N) is 1. The second-order valence-electron chi connectivity index (χ2n) is 2.84. The first-order chi connectivity index (χ1) is 5.22. The summed E-state index contributed by atoms with van der Waals surface area (Å²) in [4.78, 5) is 3.97. The lowest BCUT2D eigenvalue weighted by Crippen LogP contribution is -2.58. The lowest BCUT2D eigenvalue weighted by atomic mass is 9.96. The van der Waals surface area contributed by atoms with Crippen molar-refractivity contribution < 1.29 is 5.11 Å². The molecule has 0 aliphatic carbocycles. The molecule has 2 rings (SSSR count). The summed E-state index contributed by atoms with van der Waals surface area (Å²) >= 11 is 0. The Bertz CT molecular complexity index is 265. The van der Waals surface area contributed by atoms with Crippen LogP contribution in [0.5, 0.6) is 0 Å². The summed E-state index contributed by atoms with van der Waals surface area (Å²) in [7, 11) is 1.78. The molecule has 0 saturated carbocycles. The van der Waals surface area contributed by atoms with E-state index >= 15 is 0 Å². The van der Waals surface area contributed by atoms with Gasteiger partial charge in [0.2, 0.25) is 0 Å². The summed E-state index contributed by atoms with van der Waals surface area (Å²) in [5.41, 5.74) is -0.786. The molecule has 0 radical (unpaired) electrons. The highest BCUT2D eigenvalue weighted by molar-refractivity contribution is 5.08. The van der Waals surface area contributed by atoms with E-state index in [0.29, 0.717) is 18.9 Å². The Kier molecular flexibility index (Phi) is 1.24. The van der Waals surface area contributed by atoms with Crippen molar-refractivity contribution >= 4 is 0 Å². The van der Waals surface area contributed by atoms with E-state index < -0.39 is 5.60 Å². The Balaban J connectivity index is 2.35. The molecule has 5 nitrogen and oxygen atoms in total. The maximum absolute atomic E-state index is 9.77. The van der Waals surface area contributed by atoms with Gasteiger partial charge >= 0.3 is 0 Å². The zero-order valence-corrected chi connectivity index (χ0v) is 6.28. The van der Waals surface area contributed by atoms with Gasteiger partial charge in [0.05, 0.1) is 0 Å². The van der Waals surface area contributed by atoms with Crippen LogP contribution in [0.1, 0.15) is 5.82 Å². The number of nitrogens with zero attached hydrogens (tertiary/aromatic N) is 3. The van der Waals surface area contributed by atoms with Gasteiger partial charge in [0, 0.05) is 20.1 Å². The first-order valence-electron chi connectivity index (χ1n) is 3.50. The van der Waals surface area contributed by atoms with Crippen LogP contribution < -0.4 is 5.32 Å². The van der Waals surface area contributed by atoms with Gasteiger partial charge in [-0.1, -0.05) is 0 Å². The van der Waals surface area contributed by atoms with E-state index in [2.05, 4.69) is 15.4 Å². The van der Waals surface area contributed by atoms with Crippen LogP contribution in [0, 0.1) is 0 Å². The minimum Gasteiger partial charge on any atom is -0.379 e. The van der Waals surface area contributed by atoms with Crippen molar-refractivity contribution in [2.45, 2.75) is 5.60 Å². The largest absolute Gasteiger partial charge is 0.379 e. The molecular formula is C6H10N4O. The molecule has 1 aromatic rings. The van der Waals surface area contributed by atoms with Gasteiger partial charge in [-0.05, 0) is 0 Å². The fourth-order valence-corrected chi connectivity index (χ4v) is 1.24. The number of rotatable bonds is 1. The Morgan fingerprint density at radius 3 is 2.82 bits per heavy atom. The van der Waals surface area contributed by atoms with Crippen LogP contribution in [0.2, 0.25) is 0 Å². The molecular weight excluding hydrogens is 144 g/mol. The molecule has 1 saturated heterocycles. The second-order valence-corrected chi connectivity index (χ2v) is 2.84. The van der Waals surface area contributed by atoms with E-state index in [4.69, 9.17) is 0 Å². The number of aryl methyl sites for hydroxylation is 1. The minimum atomic E-state index is -0.786. The third kappa shape index (κ3) is 0.849. The summed E-state index contributed by atoms with van der Waals surface area (Å²) < 4.78 is 1.60. The highest BCUT2D eigenvalue weighted by atomic mass is 16.3. The maximum atomic E-state index is 9.77.